The maximum Gasteiger partial charge on any atom is 0.234 e. The van der Waals surface area contributed by atoms with Crippen LogP contribution in [0, 0.1) is 5.92 Å². The zero-order valence-electron chi connectivity index (χ0n) is 14.5. The number of rotatable bonds is 4. The highest BCUT2D eigenvalue weighted by Crippen LogP contribution is 2.23. The van der Waals surface area contributed by atoms with Crippen molar-refractivity contribution in [3.8, 4) is 11.4 Å². The second kappa shape index (κ2) is 6.73. The molecule has 3 aromatic rings. The van der Waals surface area contributed by atoms with Gasteiger partial charge in [-0.25, -0.2) is 22.7 Å². The molecule has 4 heterocycles. The fourth-order valence-electron chi connectivity index (χ4n) is 3.41. The predicted octanol–water partition coefficient (Wildman–Crippen LogP) is 1.40. The Bertz CT molecular complexity index is 1020. The van der Waals surface area contributed by atoms with Crippen molar-refractivity contribution < 1.29 is 8.42 Å². The topological polar surface area (TPSA) is 93.4 Å². The molecular weight excluding hydrogens is 352 g/mol. The summed E-state index contributed by atoms with van der Waals surface area (Å²) in [5.41, 5.74) is 2.45. The number of fused-ring (bicyclic) bond motifs is 1. The summed E-state index contributed by atoms with van der Waals surface area (Å²) in [5.74, 6) is 0.898. The van der Waals surface area contributed by atoms with Gasteiger partial charge in [-0.1, -0.05) is 0 Å². The first-order valence-corrected chi connectivity index (χ1v) is 10.4. The molecule has 1 aliphatic rings. The Kier molecular flexibility index (Phi) is 4.41. The lowest BCUT2D eigenvalue weighted by molar-refractivity contribution is 0.265. The summed E-state index contributed by atoms with van der Waals surface area (Å²) in [7, 11) is -3.13. The molecule has 9 heteroatoms. The summed E-state index contributed by atoms with van der Waals surface area (Å²) in [6.07, 6.45) is 9.22. The number of hydrogen-bond acceptors (Lipinski definition) is 6. The molecule has 0 N–H and O–H groups in total. The molecular formula is C17H20N6O2S. The Labute approximate surface area is 152 Å². The van der Waals surface area contributed by atoms with Crippen LogP contribution in [0.2, 0.25) is 0 Å². The first-order valence-electron chi connectivity index (χ1n) is 8.57. The van der Waals surface area contributed by atoms with Crippen molar-refractivity contribution >= 4 is 15.8 Å². The van der Waals surface area contributed by atoms with E-state index >= 15 is 0 Å². The van der Waals surface area contributed by atoms with Crippen LogP contribution in [0.1, 0.15) is 18.5 Å². The standard InChI is InChI=1S/C17H20N6O2S/c1-26(24,25)22-8-2-4-13(12-22)10-14-5-6-15(21-20-14)16-11-19-17-18-7-3-9-23(16)17/h3,5-7,9,11,13H,2,4,8,10,12H2,1H3/t13-/m1/s1. The summed E-state index contributed by atoms with van der Waals surface area (Å²) in [6.45, 7) is 1.17. The number of nitrogens with zero attached hydrogens (tertiary/aromatic N) is 6. The highest BCUT2D eigenvalue weighted by atomic mass is 32.2. The molecule has 0 aromatic carbocycles. The van der Waals surface area contributed by atoms with Gasteiger partial charge in [0.1, 0.15) is 5.69 Å². The number of hydrogen-bond donors (Lipinski definition) is 0. The first-order chi connectivity index (χ1) is 12.5. The SMILES string of the molecule is CS(=O)(=O)N1CCC[C@H](Cc2ccc(-c3cnc4ncccn34)nn2)C1. The predicted molar refractivity (Wildman–Crippen MR) is 96.9 cm³/mol. The summed E-state index contributed by atoms with van der Waals surface area (Å²) >= 11 is 0. The molecule has 0 spiro atoms. The van der Waals surface area contributed by atoms with Crippen molar-refractivity contribution in [2.45, 2.75) is 19.3 Å². The molecule has 8 nitrogen and oxygen atoms in total. The van der Waals surface area contributed by atoms with Gasteiger partial charge in [-0.2, -0.15) is 5.10 Å². The zero-order chi connectivity index (χ0) is 18.1. The lowest BCUT2D eigenvalue weighted by Crippen LogP contribution is -2.39. The smallest absolute Gasteiger partial charge is 0.234 e. The van der Waals surface area contributed by atoms with Gasteiger partial charge in [0.15, 0.2) is 0 Å². The average Bonchev–Trinajstić information content (AvgIpc) is 3.06. The van der Waals surface area contributed by atoms with Crippen LogP contribution in [0.25, 0.3) is 17.2 Å². The van der Waals surface area contributed by atoms with E-state index in [9.17, 15) is 8.42 Å². The van der Waals surface area contributed by atoms with Gasteiger partial charge in [-0.3, -0.25) is 4.40 Å². The summed E-state index contributed by atoms with van der Waals surface area (Å²) in [5, 5.41) is 8.68. The van der Waals surface area contributed by atoms with Crippen molar-refractivity contribution in [3.05, 3.63) is 42.5 Å². The van der Waals surface area contributed by atoms with Crippen LogP contribution in [0.4, 0.5) is 0 Å². The molecule has 1 atom stereocenters. The van der Waals surface area contributed by atoms with E-state index in [1.54, 1.807) is 16.7 Å². The van der Waals surface area contributed by atoms with E-state index < -0.39 is 10.0 Å². The van der Waals surface area contributed by atoms with Crippen LogP contribution in [0.5, 0.6) is 0 Å². The van der Waals surface area contributed by atoms with E-state index in [4.69, 9.17) is 0 Å². The Morgan fingerprint density at radius 1 is 1.23 bits per heavy atom. The monoisotopic (exact) mass is 372 g/mol. The molecule has 26 heavy (non-hydrogen) atoms. The third-order valence-electron chi connectivity index (χ3n) is 4.72. The summed E-state index contributed by atoms with van der Waals surface area (Å²) < 4.78 is 26.9. The Hall–Kier alpha value is -2.39. The van der Waals surface area contributed by atoms with Crippen LogP contribution in [0.3, 0.4) is 0 Å². The van der Waals surface area contributed by atoms with Crippen LogP contribution < -0.4 is 0 Å². The highest BCUT2D eigenvalue weighted by molar-refractivity contribution is 7.88. The molecule has 0 unspecified atom stereocenters. The average molecular weight is 372 g/mol. The van der Waals surface area contributed by atoms with Gasteiger partial charge in [0.05, 0.1) is 23.8 Å². The third-order valence-corrected chi connectivity index (χ3v) is 5.99. The van der Waals surface area contributed by atoms with Gasteiger partial charge in [0.25, 0.3) is 0 Å². The molecule has 4 rings (SSSR count). The van der Waals surface area contributed by atoms with Gasteiger partial charge >= 0.3 is 0 Å². The molecule has 1 aliphatic heterocycles. The quantitative estimate of drug-likeness (QED) is 0.687. The molecule has 0 amide bonds. The van der Waals surface area contributed by atoms with Gasteiger partial charge in [0, 0.05) is 25.5 Å². The zero-order valence-corrected chi connectivity index (χ0v) is 15.3. The number of piperidine rings is 1. The molecule has 1 fully saturated rings. The Morgan fingerprint density at radius 2 is 2.12 bits per heavy atom. The van der Waals surface area contributed by atoms with Crippen LogP contribution in [-0.4, -0.2) is 56.6 Å². The largest absolute Gasteiger partial charge is 0.282 e. The van der Waals surface area contributed by atoms with Crippen molar-refractivity contribution in [1.29, 1.82) is 0 Å². The van der Waals surface area contributed by atoms with E-state index in [1.165, 1.54) is 6.26 Å². The Morgan fingerprint density at radius 3 is 2.88 bits per heavy atom. The number of imidazole rings is 1. The molecule has 3 aromatic heterocycles. The summed E-state index contributed by atoms with van der Waals surface area (Å²) in [6, 6.07) is 5.73. The van der Waals surface area contributed by atoms with Gasteiger partial charge in [0.2, 0.25) is 15.8 Å². The van der Waals surface area contributed by atoms with Crippen LogP contribution in [0.15, 0.2) is 36.8 Å². The highest BCUT2D eigenvalue weighted by Gasteiger charge is 2.26. The lowest BCUT2D eigenvalue weighted by Gasteiger charge is -2.30. The van der Waals surface area contributed by atoms with Crippen molar-refractivity contribution in [1.82, 2.24) is 28.9 Å². The maximum atomic E-state index is 11.8. The van der Waals surface area contributed by atoms with Crippen molar-refractivity contribution in [2.75, 3.05) is 19.3 Å². The number of sulfonamides is 1. The fraction of sp³-hybridized carbons (Fsp3) is 0.412. The van der Waals surface area contributed by atoms with E-state index in [1.807, 2.05) is 28.8 Å². The van der Waals surface area contributed by atoms with E-state index in [0.29, 0.717) is 18.9 Å². The molecule has 0 bridgehead atoms. The van der Waals surface area contributed by atoms with E-state index in [0.717, 1.165) is 36.3 Å². The maximum absolute atomic E-state index is 11.8. The Balaban J connectivity index is 1.50. The molecule has 0 saturated carbocycles. The minimum absolute atomic E-state index is 0.277. The summed E-state index contributed by atoms with van der Waals surface area (Å²) in [4.78, 5) is 8.46. The van der Waals surface area contributed by atoms with Crippen LogP contribution >= 0.6 is 0 Å². The third kappa shape index (κ3) is 3.45. The van der Waals surface area contributed by atoms with Crippen molar-refractivity contribution in [2.24, 2.45) is 5.92 Å². The van der Waals surface area contributed by atoms with E-state index in [2.05, 4.69) is 20.2 Å². The minimum atomic E-state index is -3.13. The molecule has 0 aliphatic carbocycles. The van der Waals surface area contributed by atoms with Crippen LogP contribution in [-0.2, 0) is 16.4 Å². The first kappa shape index (κ1) is 17.0. The van der Waals surface area contributed by atoms with E-state index in [-0.39, 0.29) is 5.92 Å². The fourth-order valence-corrected chi connectivity index (χ4v) is 4.36. The second-order valence-corrected chi connectivity index (χ2v) is 8.66. The normalized spacial score (nSPS) is 19.0. The minimum Gasteiger partial charge on any atom is -0.282 e. The molecule has 1 saturated heterocycles. The van der Waals surface area contributed by atoms with Gasteiger partial charge in [-0.15, -0.1) is 5.10 Å². The second-order valence-electron chi connectivity index (χ2n) is 6.68. The van der Waals surface area contributed by atoms with Crippen molar-refractivity contribution in [3.63, 3.8) is 0 Å². The number of aromatic nitrogens is 5. The molecule has 136 valence electrons. The lowest BCUT2D eigenvalue weighted by atomic mass is 9.94. The molecule has 0 radical (unpaired) electrons. The van der Waals surface area contributed by atoms with Gasteiger partial charge < -0.3 is 0 Å². The van der Waals surface area contributed by atoms with Gasteiger partial charge in [-0.05, 0) is 43.4 Å².